The highest BCUT2D eigenvalue weighted by atomic mass is 32.2. The van der Waals surface area contributed by atoms with Crippen molar-refractivity contribution in [2.45, 2.75) is 51.3 Å². The van der Waals surface area contributed by atoms with Crippen molar-refractivity contribution in [3.05, 3.63) is 30.1 Å². The minimum atomic E-state index is -3.18. The Morgan fingerprint density at radius 3 is 2.54 bits per heavy atom. The molecule has 2 N–H and O–H groups in total. The first-order valence-corrected chi connectivity index (χ1v) is 11.6. The van der Waals surface area contributed by atoms with E-state index < -0.39 is 14.6 Å². The first kappa shape index (κ1) is 22.5. The van der Waals surface area contributed by atoms with E-state index in [-0.39, 0.29) is 24.2 Å². The summed E-state index contributed by atoms with van der Waals surface area (Å²) >= 11 is 0. The Morgan fingerprint density at radius 2 is 1.96 bits per heavy atom. The highest BCUT2D eigenvalue weighted by molar-refractivity contribution is 7.92. The lowest BCUT2D eigenvalue weighted by atomic mass is 10.0. The normalized spacial score (nSPS) is 16.9. The van der Waals surface area contributed by atoms with E-state index in [2.05, 4.69) is 20.5 Å². The average Bonchev–Trinajstić information content (AvgIpc) is 2.61. The molecule has 1 aromatic rings. The van der Waals surface area contributed by atoms with Crippen LogP contribution in [0.1, 0.15) is 40.5 Å². The molecule has 1 aliphatic heterocycles. The van der Waals surface area contributed by atoms with Crippen LogP contribution in [0.4, 0.5) is 10.1 Å². The van der Waals surface area contributed by atoms with E-state index in [9.17, 15) is 12.8 Å². The van der Waals surface area contributed by atoms with Gasteiger partial charge in [-0.25, -0.2) is 12.8 Å². The standard InChI is InChI=1S/C20H33FN4O2S/c1-5-22-19(23-11-14-28(26,27)20(2,3)4)24-17-9-12-25(13-10-17)18-8-6-7-16(21)15-18/h6-8,15,17H,5,9-14H2,1-4H3,(H2,22,23,24). The molecule has 0 amide bonds. The Hall–Kier alpha value is -1.83. The van der Waals surface area contributed by atoms with Crippen molar-refractivity contribution in [1.82, 2.24) is 10.6 Å². The van der Waals surface area contributed by atoms with Gasteiger partial charge >= 0.3 is 0 Å². The molecule has 1 aliphatic rings. The summed E-state index contributed by atoms with van der Waals surface area (Å²) in [4.78, 5) is 6.63. The SMILES string of the molecule is CCNC(=NCCS(=O)(=O)C(C)(C)C)NC1CCN(c2cccc(F)c2)CC1. The summed E-state index contributed by atoms with van der Waals surface area (Å²) in [7, 11) is -3.18. The number of halogens is 1. The van der Waals surface area contributed by atoms with Gasteiger partial charge in [0.25, 0.3) is 0 Å². The number of benzene rings is 1. The molecule has 8 heteroatoms. The second kappa shape index (κ2) is 9.58. The summed E-state index contributed by atoms with van der Waals surface area (Å²) in [6, 6.07) is 6.93. The van der Waals surface area contributed by atoms with Gasteiger partial charge in [0, 0.05) is 31.4 Å². The van der Waals surface area contributed by atoms with Gasteiger partial charge in [0.1, 0.15) is 5.82 Å². The van der Waals surface area contributed by atoms with Crippen LogP contribution in [0.25, 0.3) is 0 Å². The number of piperidine rings is 1. The Morgan fingerprint density at radius 1 is 1.29 bits per heavy atom. The van der Waals surface area contributed by atoms with E-state index in [1.54, 1.807) is 32.9 Å². The second-order valence-electron chi connectivity index (χ2n) is 8.08. The fourth-order valence-corrected chi connectivity index (χ4v) is 4.00. The summed E-state index contributed by atoms with van der Waals surface area (Å²) in [5.41, 5.74) is 0.909. The molecular weight excluding hydrogens is 379 g/mol. The van der Waals surface area contributed by atoms with Gasteiger partial charge in [0.2, 0.25) is 0 Å². The van der Waals surface area contributed by atoms with Gasteiger partial charge in [-0.15, -0.1) is 0 Å². The third kappa shape index (κ3) is 6.36. The van der Waals surface area contributed by atoms with Crippen LogP contribution in [0.15, 0.2) is 29.3 Å². The van der Waals surface area contributed by atoms with Crippen LogP contribution in [0.2, 0.25) is 0 Å². The molecule has 0 atom stereocenters. The van der Waals surface area contributed by atoms with Crippen molar-refractivity contribution in [2.24, 2.45) is 4.99 Å². The number of hydrogen-bond donors (Lipinski definition) is 2. The van der Waals surface area contributed by atoms with Crippen LogP contribution in [0.3, 0.4) is 0 Å². The van der Waals surface area contributed by atoms with Crippen molar-refractivity contribution in [3.63, 3.8) is 0 Å². The van der Waals surface area contributed by atoms with Gasteiger partial charge in [0.15, 0.2) is 15.8 Å². The predicted molar refractivity (Wildman–Crippen MR) is 114 cm³/mol. The molecule has 1 aromatic carbocycles. The first-order valence-electron chi connectivity index (χ1n) is 9.90. The van der Waals surface area contributed by atoms with Gasteiger partial charge < -0.3 is 15.5 Å². The summed E-state index contributed by atoms with van der Waals surface area (Å²) < 4.78 is 37.1. The molecular formula is C20H33FN4O2S. The number of guanidine groups is 1. The van der Waals surface area contributed by atoms with E-state index in [1.807, 2.05) is 13.0 Å². The monoisotopic (exact) mass is 412 g/mol. The quantitative estimate of drug-likeness (QED) is 0.555. The van der Waals surface area contributed by atoms with Crippen LogP contribution in [-0.4, -0.2) is 57.1 Å². The maximum atomic E-state index is 13.4. The smallest absolute Gasteiger partial charge is 0.191 e. The maximum absolute atomic E-state index is 13.4. The van der Waals surface area contributed by atoms with Gasteiger partial charge in [-0.2, -0.15) is 0 Å². The van der Waals surface area contributed by atoms with E-state index in [0.717, 1.165) is 31.6 Å². The van der Waals surface area contributed by atoms with E-state index in [4.69, 9.17) is 0 Å². The fraction of sp³-hybridized carbons (Fsp3) is 0.650. The van der Waals surface area contributed by atoms with Crippen LogP contribution in [-0.2, 0) is 9.84 Å². The molecule has 2 rings (SSSR count). The number of sulfone groups is 1. The summed E-state index contributed by atoms with van der Waals surface area (Å²) in [5.74, 6) is 0.464. The molecule has 1 fully saturated rings. The number of hydrogen-bond acceptors (Lipinski definition) is 4. The zero-order chi connectivity index (χ0) is 20.8. The molecule has 0 spiro atoms. The van der Waals surface area contributed by atoms with Crippen LogP contribution in [0.5, 0.6) is 0 Å². The molecule has 0 aromatic heterocycles. The highest BCUT2D eigenvalue weighted by Crippen LogP contribution is 2.21. The van der Waals surface area contributed by atoms with Crippen molar-refractivity contribution >= 4 is 21.5 Å². The number of nitrogens with zero attached hydrogens (tertiary/aromatic N) is 2. The molecule has 0 unspecified atom stereocenters. The topological polar surface area (TPSA) is 73.8 Å². The van der Waals surface area contributed by atoms with Crippen LogP contribution >= 0.6 is 0 Å². The number of aliphatic imine (C=N–C) groups is 1. The third-order valence-corrected chi connectivity index (χ3v) is 7.50. The zero-order valence-corrected chi connectivity index (χ0v) is 18.2. The van der Waals surface area contributed by atoms with Crippen molar-refractivity contribution in [1.29, 1.82) is 0 Å². The van der Waals surface area contributed by atoms with E-state index >= 15 is 0 Å². The Balaban J connectivity index is 1.89. The minimum absolute atomic E-state index is 0.0328. The molecule has 0 aliphatic carbocycles. The predicted octanol–water partition coefficient (Wildman–Crippen LogP) is 2.56. The largest absolute Gasteiger partial charge is 0.371 e. The lowest BCUT2D eigenvalue weighted by Crippen LogP contribution is -2.49. The van der Waals surface area contributed by atoms with Gasteiger partial charge in [-0.3, -0.25) is 4.99 Å². The van der Waals surface area contributed by atoms with Gasteiger partial charge in [-0.05, 0) is 58.7 Å². The Bertz CT molecular complexity index is 767. The number of anilines is 1. The summed E-state index contributed by atoms with van der Waals surface area (Å²) in [6.07, 6.45) is 1.81. The lowest BCUT2D eigenvalue weighted by molar-refractivity contribution is 0.461. The molecule has 6 nitrogen and oxygen atoms in total. The zero-order valence-electron chi connectivity index (χ0n) is 17.3. The molecule has 28 heavy (non-hydrogen) atoms. The fourth-order valence-electron chi connectivity index (χ4n) is 3.05. The number of nitrogens with one attached hydrogen (secondary N) is 2. The lowest BCUT2D eigenvalue weighted by Gasteiger charge is -2.34. The number of rotatable bonds is 6. The van der Waals surface area contributed by atoms with E-state index in [1.165, 1.54) is 6.07 Å². The van der Waals surface area contributed by atoms with Gasteiger partial charge in [0.05, 0.1) is 17.0 Å². The Kier molecular flexibility index (Phi) is 7.69. The van der Waals surface area contributed by atoms with Crippen molar-refractivity contribution in [2.75, 3.05) is 36.8 Å². The first-order chi connectivity index (χ1) is 13.1. The molecule has 158 valence electrons. The summed E-state index contributed by atoms with van der Waals surface area (Å²) in [5, 5.41) is 6.59. The van der Waals surface area contributed by atoms with Crippen LogP contribution in [0, 0.1) is 5.82 Å². The maximum Gasteiger partial charge on any atom is 0.191 e. The average molecular weight is 413 g/mol. The highest BCUT2D eigenvalue weighted by Gasteiger charge is 2.28. The molecule has 0 bridgehead atoms. The minimum Gasteiger partial charge on any atom is -0.371 e. The summed E-state index contributed by atoms with van der Waals surface area (Å²) in [6.45, 7) is 9.72. The van der Waals surface area contributed by atoms with Crippen LogP contribution < -0.4 is 15.5 Å². The Labute approximate surface area is 168 Å². The molecule has 0 saturated carbocycles. The van der Waals surface area contributed by atoms with Crippen molar-refractivity contribution in [3.8, 4) is 0 Å². The second-order valence-corrected chi connectivity index (χ2v) is 10.9. The van der Waals surface area contributed by atoms with E-state index in [0.29, 0.717) is 12.5 Å². The molecule has 1 saturated heterocycles. The van der Waals surface area contributed by atoms with Gasteiger partial charge in [-0.1, -0.05) is 6.07 Å². The third-order valence-electron chi connectivity index (χ3n) is 4.92. The van der Waals surface area contributed by atoms with Crippen molar-refractivity contribution < 1.29 is 12.8 Å². The molecule has 1 heterocycles. The molecule has 0 radical (unpaired) electrons.